The summed E-state index contributed by atoms with van der Waals surface area (Å²) >= 11 is 0. The largest absolute Gasteiger partial charge is 0.508 e. The van der Waals surface area contributed by atoms with Gasteiger partial charge in [-0.3, -0.25) is 9.78 Å². The predicted octanol–water partition coefficient (Wildman–Crippen LogP) is 3.16. The molecule has 0 atom stereocenters. The molecule has 4 nitrogen and oxygen atoms in total. The van der Waals surface area contributed by atoms with E-state index in [0.29, 0.717) is 17.0 Å². The monoisotopic (exact) mass is 277 g/mol. The minimum absolute atomic E-state index is 0.0752. The number of phenols is 1. The average molecular weight is 277 g/mol. The predicted molar refractivity (Wildman–Crippen MR) is 78.8 cm³/mol. The molecular formula is C17H11NO3. The number of aromatic nitrogens is 1. The first kappa shape index (κ1) is 11.9. The molecule has 0 saturated heterocycles. The Balaban J connectivity index is 2.20. The zero-order chi connectivity index (χ0) is 14.6. The van der Waals surface area contributed by atoms with E-state index in [9.17, 15) is 9.90 Å². The molecule has 21 heavy (non-hydrogen) atoms. The Labute approximate surface area is 120 Å². The maximum atomic E-state index is 12.6. The van der Waals surface area contributed by atoms with Gasteiger partial charge in [0.25, 0.3) is 0 Å². The number of ether oxygens (including phenoxy) is 1. The first-order chi connectivity index (χ1) is 10.2. The summed E-state index contributed by atoms with van der Waals surface area (Å²) in [4.78, 5) is 16.9. The first-order valence-electron chi connectivity index (χ1n) is 6.54. The number of nitrogens with zero attached hydrogens (tertiary/aromatic N) is 1. The van der Waals surface area contributed by atoms with Crippen molar-refractivity contribution in [2.24, 2.45) is 0 Å². The third-order valence-electron chi connectivity index (χ3n) is 3.86. The van der Waals surface area contributed by atoms with Crippen LogP contribution < -0.4 is 4.74 Å². The second-order valence-electron chi connectivity index (χ2n) is 4.96. The number of rotatable bonds is 1. The van der Waals surface area contributed by atoms with E-state index in [0.717, 1.165) is 21.9 Å². The normalized spacial score (nSPS) is 12.3. The molecular weight excluding hydrogens is 266 g/mol. The summed E-state index contributed by atoms with van der Waals surface area (Å²) in [6.07, 6.45) is 1.61. The Hall–Kier alpha value is -2.88. The summed E-state index contributed by atoms with van der Waals surface area (Å²) in [6, 6.07) is 10.5. The van der Waals surface area contributed by atoms with Crippen molar-refractivity contribution >= 4 is 16.6 Å². The van der Waals surface area contributed by atoms with Gasteiger partial charge in [0.2, 0.25) is 5.78 Å². The summed E-state index contributed by atoms with van der Waals surface area (Å²) in [6.45, 7) is 0. The van der Waals surface area contributed by atoms with E-state index in [1.165, 1.54) is 6.07 Å². The second-order valence-corrected chi connectivity index (χ2v) is 4.96. The van der Waals surface area contributed by atoms with Crippen LogP contribution in [-0.2, 0) is 0 Å². The van der Waals surface area contributed by atoms with Crippen LogP contribution in [0.5, 0.6) is 11.5 Å². The molecule has 4 rings (SSSR count). The molecule has 0 saturated carbocycles. The number of benzene rings is 2. The molecule has 0 bridgehead atoms. The lowest BCUT2D eigenvalue weighted by atomic mass is 9.85. The van der Waals surface area contributed by atoms with Gasteiger partial charge in [-0.25, -0.2) is 0 Å². The van der Waals surface area contributed by atoms with Crippen molar-refractivity contribution in [3.05, 3.63) is 53.9 Å². The van der Waals surface area contributed by atoms with Gasteiger partial charge in [-0.1, -0.05) is 0 Å². The zero-order valence-corrected chi connectivity index (χ0v) is 11.3. The molecule has 1 aliphatic rings. The number of phenolic OH excluding ortho intramolecular Hbond substituents is 1. The molecule has 1 N–H and O–H groups in total. The van der Waals surface area contributed by atoms with E-state index in [1.807, 2.05) is 18.2 Å². The topological polar surface area (TPSA) is 59.4 Å². The number of hydrogen-bond donors (Lipinski definition) is 1. The maximum absolute atomic E-state index is 12.6. The van der Waals surface area contributed by atoms with Crippen LogP contribution in [0.1, 0.15) is 16.1 Å². The average Bonchev–Trinajstić information content (AvgIpc) is 2.52. The minimum atomic E-state index is -0.174. The number of ketones is 1. The van der Waals surface area contributed by atoms with E-state index in [2.05, 4.69) is 4.98 Å². The number of methoxy groups -OCH3 is 1. The van der Waals surface area contributed by atoms with Gasteiger partial charge in [0.1, 0.15) is 17.2 Å². The summed E-state index contributed by atoms with van der Waals surface area (Å²) in [5.41, 5.74) is 2.63. The molecule has 1 aromatic heterocycles. The van der Waals surface area contributed by atoms with Gasteiger partial charge in [-0.2, -0.15) is 0 Å². The summed E-state index contributed by atoms with van der Waals surface area (Å²) in [7, 11) is 1.61. The second kappa shape index (κ2) is 4.06. The lowest BCUT2D eigenvalue weighted by Crippen LogP contribution is -2.12. The molecule has 0 radical (unpaired) electrons. The Morgan fingerprint density at radius 1 is 1.05 bits per heavy atom. The highest BCUT2D eigenvalue weighted by molar-refractivity contribution is 6.25. The maximum Gasteiger partial charge on any atom is 0.212 e. The molecule has 4 heteroatoms. The third-order valence-corrected chi connectivity index (χ3v) is 3.86. The molecule has 0 spiro atoms. The Morgan fingerprint density at radius 2 is 1.86 bits per heavy atom. The highest BCUT2D eigenvalue weighted by Gasteiger charge is 2.27. The first-order valence-corrected chi connectivity index (χ1v) is 6.54. The number of carbonyl (C=O) groups is 1. The fourth-order valence-corrected chi connectivity index (χ4v) is 2.93. The van der Waals surface area contributed by atoms with Crippen molar-refractivity contribution in [1.29, 1.82) is 0 Å². The number of carbonyl (C=O) groups excluding carboxylic acids is 1. The number of aromatic hydroxyl groups is 1. The highest BCUT2D eigenvalue weighted by Crippen LogP contribution is 2.42. The Morgan fingerprint density at radius 3 is 2.67 bits per heavy atom. The van der Waals surface area contributed by atoms with Gasteiger partial charge in [0.15, 0.2) is 0 Å². The van der Waals surface area contributed by atoms with Gasteiger partial charge >= 0.3 is 0 Å². The van der Waals surface area contributed by atoms with Crippen molar-refractivity contribution < 1.29 is 14.6 Å². The molecule has 1 heterocycles. The van der Waals surface area contributed by atoms with Crippen molar-refractivity contribution in [3.8, 4) is 22.6 Å². The molecule has 0 fully saturated rings. The van der Waals surface area contributed by atoms with E-state index in [-0.39, 0.29) is 11.5 Å². The molecule has 3 aromatic rings. The van der Waals surface area contributed by atoms with Crippen molar-refractivity contribution in [1.82, 2.24) is 4.98 Å². The summed E-state index contributed by atoms with van der Waals surface area (Å²) in [5.74, 6) is 0.617. The Bertz CT molecular complexity index is 915. The van der Waals surface area contributed by atoms with Crippen molar-refractivity contribution in [2.75, 3.05) is 7.11 Å². The van der Waals surface area contributed by atoms with Gasteiger partial charge < -0.3 is 9.84 Å². The molecule has 0 aliphatic heterocycles. The van der Waals surface area contributed by atoms with Crippen molar-refractivity contribution in [3.63, 3.8) is 0 Å². The van der Waals surface area contributed by atoms with Crippen LogP contribution in [0.15, 0.2) is 42.6 Å². The number of hydrogen-bond acceptors (Lipinski definition) is 4. The summed E-state index contributed by atoms with van der Waals surface area (Å²) in [5, 5.41) is 11.3. The van der Waals surface area contributed by atoms with Gasteiger partial charge in [-0.05, 0) is 47.5 Å². The van der Waals surface area contributed by atoms with E-state index >= 15 is 0 Å². The zero-order valence-electron chi connectivity index (χ0n) is 11.3. The third kappa shape index (κ3) is 1.50. The molecule has 0 amide bonds. The van der Waals surface area contributed by atoms with Crippen LogP contribution in [0.2, 0.25) is 0 Å². The van der Waals surface area contributed by atoms with Crippen LogP contribution in [0, 0.1) is 0 Å². The minimum Gasteiger partial charge on any atom is -0.508 e. The van der Waals surface area contributed by atoms with Crippen LogP contribution in [0.4, 0.5) is 0 Å². The van der Waals surface area contributed by atoms with E-state index < -0.39 is 0 Å². The van der Waals surface area contributed by atoms with Crippen LogP contribution in [0.25, 0.3) is 21.9 Å². The fourth-order valence-electron chi connectivity index (χ4n) is 2.93. The van der Waals surface area contributed by atoms with Crippen LogP contribution in [0.3, 0.4) is 0 Å². The highest BCUT2D eigenvalue weighted by atomic mass is 16.5. The number of pyridine rings is 1. The van der Waals surface area contributed by atoms with Gasteiger partial charge in [0.05, 0.1) is 7.11 Å². The number of fused-ring (bicyclic) bond motifs is 2. The SMILES string of the molecule is COc1ccc2c3c(nccc13)C(=O)c1cc(O)ccc1-2. The quantitative estimate of drug-likeness (QED) is 0.580. The standard InChI is InChI=1S/C17H11NO3/c1-21-14-5-4-11-10-3-2-9(19)8-13(10)17(20)16-15(11)12(14)6-7-18-16/h2-8,19H,1H3. The van der Waals surface area contributed by atoms with E-state index in [4.69, 9.17) is 4.74 Å². The molecule has 102 valence electrons. The summed E-state index contributed by atoms with van der Waals surface area (Å²) < 4.78 is 5.37. The molecule has 2 aromatic carbocycles. The lowest BCUT2D eigenvalue weighted by molar-refractivity contribution is 0.103. The smallest absolute Gasteiger partial charge is 0.212 e. The van der Waals surface area contributed by atoms with Crippen LogP contribution >= 0.6 is 0 Å². The Kier molecular flexibility index (Phi) is 2.30. The van der Waals surface area contributed by atoms with Gasteiger partial charge in [-0.15, -0.1) is 0 Å². The van der Waals surface area contributed by atoms with Crippen LogP contribution in [-0.4, -0.2) is 23.0 Å². The van der Waals surface area contributed by atoms with E-state index in [1.54, 1.807) is 25.4 Å². The van der Waals surface area contributed by atoms with Crippen molar-refractivity contribution in [2.45, 2.75) is 0 Å². The molecule has 1 aliphatic carbocycles. The fraction of sp³-hybridized carbons (Fsp3) is 0.0588. The van der Waals surface area contributed by atoms with Gasteiger partial charge in [0, 0.05) is 22.5 Å². The lowest BCUT2D eigenvalue weighted by Gasteiger charge is -2.20. The molecule has 0 unspecified atom stereocenters.